The van der Waals surface area contributed by atoms with Gasteiger partial charge in [0.2, 0.25) is 0 Å². The molecule has 0 saturated carbocycles. The zero-order valence-electron chi connectivity index (χ0n) is 15.7. The number of allylic oxidation sites excluding steroid dienone is 1. The Morgan fingerprint density at radius 1 is 1.22 bits per heavy atom. The molecular weight excluding hydrogens is 359 g/mol. The van der Waals surface area contributed by atoms with Crippen molar-refractivity contribution < 1.29 is 9.50 Å². The summed E-state index contributed by atoms with van der Waals surface area (Å²) in [5, 5.41) is 15.3. The first kappa shape index (κ1) is 18.1. The van der Waals surface area contributed by atoms with Gasteiger partial charge < -0.3 is 5.11 Å². The molecule has 0 aliphatic heterocycles. The zero-order chi connectivity index (χ0) is 19.2. The maximum absolute atomic E-state index is 13.2. The summed E-state index contributed by atoms with van der Waals surface area (Å²) < 4.78 is 15.1. The van der Waals surface area contributed by atoms with Gasteiger partial charge in [0.15, 0.2) is 0 Å². The lowest BCUT2D eigenvalue weighted by atomic mass is 9.70. The molecule has 1 N–H and O–H groups in total. The Labute approximate surface area is 162 Å². The summed E-state index contributed by atoms with van der Waals surface area (Å²) in [4.78, 5) is 2.24. The van der Waals surface area contributed by atoms with Gasteiger partial charge in [-0.2, -0.15) is 5.10 Å². The maximum atomic E-state index is 13.2. The van der Waals surface area contributed by atoms with Crippen LogP contribution >= 0.6 is 11.3 Å². The van der Waals surface area contributed by atoms with Crippen LogP contribution in [0.3, 0.4) is 0 Å². The van der Waals surface area contributed by atoms with Crippen molar-refractivity contribution in [3.05, 3.63) is 75.0 Å². The molecule has 3 aromatic rings. The SMILES string of the molecule is CC1=Cc2c(cnn2-c2ccc(F)cc2)C[C@]1(C)CC(O)c1ccc(C)s1. The molecule has 0 amide bonds. The highest BCUT2D eigenvalue weighted by atomic mass is 32.1. The van der Waals surface area contributed by atoms with Crippen LogP contribution in [0.25, 0.3) is 11.8 Å². The van der Waals surface area contributed by atoms with Crippen molar-refractivity contribution in [3.63, 3.8) is 0 Å². The van der Waals surface area contributed by atoms with E-state index in [9.17, 15) is 9.50 Å². The fourth-order valence-corrected chi connectivity index (χ4v) is 4.67. The van der Waals surface area contributed by atoms with E-state index in [1.807, 2.05) is 16.9 Å². The monoisotopic (exact) mass is 382 g/mol. The number of hydrogen-bond donors (Lipinski definition) is 1. The number of benzene rings is 1. The first-order valence-electron chi connectivity index (χ1n) is 9.12. The molecule has 1 aliphatic rings. The van der Waals surface area contributed by atoms with Crippen molar-refractivity contribution in [3.8, 4) is 5.69 Å². The third-order valence-corrected chi connectivity index (χ3v) is 6.68. The van der Waals surface area contributed by atoms with Crippen LogP contribution in [0, 0.1) is 18.2 Å². The number of aromatic nitrogens is 2. The predicted molar refractivity (Wildman–Crippen MR) is 108 cm³/mol. The molecule has 0 radical (unpaired) electrons. The number of fused-ring (bicyclic) bond motifs is 1. The fourth-order valence-electron chi connectivity index (χ4n) is 3.80. The molecule has 3 nitrogen and oxygen atoms in total. The summed E-state index contributed by atoms with van der Waals surface area (Å²) in [6, 6.07) is 10.5. The summed E-state index contributed by atoms with van der Waals surface area (Å²) in [5.74, 6) is -0.253. The average Bonchev–Trinajstić information content (AvgIpc) is 3.22. The minimum absolute atomic E-state index is 0.124. The average molecular weight is 383 g/mol. The van der Waals surface area contributed by atoms with E-state index in [0.29, 0.717) is 6.42 Å². The number of nitrogens with zero attached hydrogens (tertiary/aromatic N) is 2. The van der Waals surface area contributed by atoms with E-state index in [4.69, 9.17) is 0 Å². The topological polar surface area (TPSA) is 38.0 Å². The van der Waals surface area contributed by atoms with E-state index < -0.39 is 6.10 Å². The van der Waals surface area contributed by atoms with Crippen molar-refractivity contribution in [2.24, 2.45) is 5.41 Å². The number of aliphatic hydroxyl groups excluding tert-OH is 1. The second-order valence-electron chi connectivity index (χ2n) is 7.68. The first-order chi connectivity index (χ1) is 12.9. The number of aryl methyl sites for hydroxylation is 1. The molecular formula is C22H23FN2OS. The number of aliphatic hydroxyl groups is 1. The van der Waals surface area contributed by atoms with E-state index in [1.54, 1.807) is 23.5 Å². The zero-order valence-corrected chi connectivity index (χ0v) is 16.6. The molecule has 27 heavy (non-hydrogen) atoms. The van der Waals surface area contributed by atoms with Crippen LogP contribution in [0.4, 0.5) is 4.39 Å². The standard InChI is InChI=1S/C22H23FN2OS/c1-14-10-19-16(13-24-25(19)18-7-5-17(23)6-8-18)11-22(14,3)12-20(26)21-9-4-15(2)27-21/h4-10,13,20,26H,11-12H2,1-3H3/t20?,22-/m1/s1. The molecule has 2 heterocycles. The Morgan fingerprint density at radius 2 is 1.96 bits per heavy atom. The molecule has 0 fully saturated rings. The molecule has 0 saturated heterocycles. The molecule has 1 aliphatic carbocycles. The number of hydrogen-bond acceptors (Lipinski definition) is 3. The summed E-state index contributed by atoms with van der Waals surface area (Å²) >= 11 is 1.66. The smallest absolute Gasteiger partial charge is 0.123 e. The van der Waals surface area contributed by atoms with Crippen molar-refractivity contribution in [1.82, 2.24) is 9.78 Å². The van der Waals surface area contributed by atoms with Crippen LogP contribution in [0.1, 0.15) is 47.4 Å². The first-order valence-corrected chi connectivity index (χ1v) is 9.93. The van der Waals surface area contributed by atoms with Gasteiger partial charge in [0, 0.05) is 9.75 Å². The Hall–Kier alpha value is -2.24. The number of thiophene rings is 1. The van der Waals surface area contributed by atoms with Gasteiger partial charge in [-0.25, -0.2) is 9.07 Å². The summed E-state index contributed by atoms with van der Waals surface area (Å²) in [5.41, 5.74) is 4.15. The van der Waals surface area contributed by atoms with Crippen molar-refractivity contribution in [2.75, 3.05) is 0 Å². The Morgan fingerprint density at radius 3 is 2.63 bits per heavy atom. The Bertz CT molecular complexity index is 1000. The predicted octanol–water partition coefficient (Wildman–Crippen LogP) is 5.47. The molecule has 2 aromatic heterocycles. The van der Waals surface area contributed by atoms with Gasteiger partial charge in [-0.05, 0) is 80.1 Å². The maximum Gasteiger partial charge on any atom is 0.123 e. The molecule has 140 valence electrons. The lowest BCUT2D eigenvalue weighted by molar-refractivity contribution is 0.124. The highest BCUT2D eigenvalue weighted by Gasteiger charge is 2.35. The van der Waals surface area contributed by atoms with E-state index in [1.165, 1.54) is 22.6 Å². The van der Waals surface area contributed by atoms with Crippen LogP contribution in [0.2, 0.25) is 0 Å². The minimum atomic E-state index is -0.467. The molecule has 1 aromatic carbocycles. The second-order valence-corrected chi connectivity index (χ2v) is 9.00. The third kappa shape index (κ3) is 3.37. The van der Waals surface area contributed by atoms with Crippen LogP contribution in [0.5, 0.6) is 0 Å². The Balaban J connectivity index is 1.63. The van der Waals surface area contributed by atoms with Gasteiger partial charge in [0.1, 0.15) is 5.82 Å². The lowest BCUT2D eigenvalue weighted by Crippen LogP contribution is -2.27. The molecule has 1 unspecified atom stereocenters. The van der Waals surface area contributed by atoms with Gasteiger partial charge in [0.05, 0.1) is 23.7 Å². The van der Waals surface area contributed by atoms with Gasteiger partial charge in [-0.15, -0.1) is 11.3 Å². The van der Waals surface area contributed by atoms with Crippen molar-refractivity contribution in [2.45, 2.75) is 39.7 Å². The van der Waals surface area contributed by atoms with Crippen LogP contribution in [0.15, 0.2) is 48.2 Å². The normalized spacial score (nSPS) is 20.3. The van der Waals surface area contributed by atoms with Crippen molar-refractivity contribution >= 4 is 17.4 Å². The van der Waals surface area contributed by atoms with Gasteiger partial charge in [-0.3, -0.25) is 0 Å². The van der Waals surface area contributed by atoms with Crippen LogP contribution in [-0.4, -0.2) is 14.9 Å². The van der Waals surface area contributed by atoms with E-state index in [0.717, 1.165) is 28.2 Å². The van der Waals surface area contributed by atoms with Gasteiger partial charge >= 0.3 is 0 Å². The third-order valence-electron chi connectivity index (χ3n) is 5.58. The molecule has 4 rings (SSSR count). The largest absolute Gasteiger partial charge is 0.388 e. The molecule has 2 atom stereocenters. The van der Waals surface area contributed by atoms with E-state index >= 15 is 0 Å². The van der Waals surface area contributed by atoms with E-state index in [2.05, 4.69) is 38.0 Å². The minimum Gasteiger partial charge on any atom is -0.388 e. The fraction of sp³-hybridized carbons (Fsp3) is 0.318. The van der Waals surface area contributed by atoms with E-state index in [-0.39, 0.29) is 11.2 Å². The summed E-state index contributed by atoms with van der Waals surface area (Å²) in [6.45, 7) is 6.39. The highest BCUT2D eigenvalue weighted by molar-refractivity contribution is 7.12. The van der Waals surface area contributed by atoms with Gasteiger partial charge in [-0.1, -0.05) is 12.5 Å². The second kappa shape index (κ2) is 6.73. The molecule has 0 spiro atoms. The summed E-state index contributed by atoms with van der Waals surface area (Å²) in [7, 11) is 0. The number of halogens is 1. The quantitative estimate of drug-likeness (QED) is 0.650. The summed E-state index contributed by atoms with van der Waals surface area (Å²) in [6.07, 6.45) is 5.08. The molecule has 0 bridgehead atoms. The van der Waals surface area contributed by atoms with Gasteiger partial charge in [0.25, 0.3) is 0 Å². The van der Waals surface area contributed by atoms with Crippen LogP contribution in [-0.2, 0) is 6.42 Å². The highest BCUT2D eigenvalue weighted by Crippen LogP contribution is 2.45. The van der Waals surface area contributed by atoms with Crippen LogP contribution < -0.4 is 0 Å². The molecule has 5 heteroatoms. The number of rotatable bonds is 4. The Kier molecular flexibility index (Phi) is 4.52. The van der Waals surface area contributed by atoms with Crippen molar-refractivity contribution in [1.29, 1.82) is 0 Å². The lowest BCUT2D eigenvalue weighted by Gasteiger charge is -2.35.